The Bertz CT molecular complexity index is 567. The number of likely N-dealkylation sites (tertiary alicyclic amines) is 1. The highest BCUT2D eigenvalue weighted by Gasteiger charge is 2.38. The van der Waals surface area contributed by atoms with E-state index in [2.05, 4.69) is 33.8 Å². The molecule has 0 saturated carbocycles. The van der Waals surface area contributed by atoms with Crippen LogP contribution in [0.2, 0.25) is 0 Å². The molecule has 3 rings (SSSR count). The van der Waals surface area contributed by atoms with E-state index in [1.165, 1.54) is 0 Å². The van der Waals surface area contributed by atoms with Crippen molar-refractivity contribution in [1.82, 2.24) is 24.8 Å². The van der Waals surface area contributed by atoms with Crippen molar-refractivity contribution in [2.75, 3.05) is 39.3 Å². The van der Waals surface area contributed by atoms with Crippen molar-refractivity contribution in [3.63, 3.8) is 0 Å². The molecule has 2 fully saturated rings. The van der Waals surface area contributed by atoms with Gasteiger partial charge in [-0.25, -0.2) is 0 Å². The van der Waals surface area contributed by atoms with Crippen molar-refractivity contribution in [2.45, 2.75) is 46.2 Å². The van der Waals surface area contributed by atoms with Crippen molar-refractivity contribution >= 4 is 5.91 Å². The molecule has 0 bridgehead atoms. The fourth-order valence-electron chi connectivity index (χ4n) is 3.88. The van der Waals surface area contributed by atoms with Crippen molar-refractivity contribution in [1.29, 1.82) is 0 Å². The Morgan fingerprint density at radius 2 is 2.00 bits per heavy atom. The Hall–Kier alpha value is -1.47. The summed E-state index contributed by atoms with van der Waals surface area (Å²) in [5.74, 6) is 2.29. The molecule has 3 heterocycles. The highest BCUT2D eigenvalue weighted by atomic mass is 16.5. The Morgan fingerprint density at radius 3 is 2.58 bits per heavy atom. The smallest absolute Gasteiger partial charge is 0.243 e. The molecule has 2 aliphatic rings. The molecule has 7 heteroatoms. The summed E-state index contributed by atoms with van der Waals surface area (Å²) in [5, 5.41) is 4.02. The third-order valence-corrected chi connectivity index (χ3v) is 5.53. The molecule has 0 unspecified atom stereocenters. The summed E-state index contributed by atoms with van der Waals surface area (Å²) in [5.41, 5.74) is 0. The van der Waals surface area contributed by atoms with Crippen LogP contribution in [0.5, 0.6) is 0 Å². The molecule has 0 radical (unpaired) electrons. The lowest BCUT2D eigenvalue weighted by atomic mass is 10.0. The molecule has 2 aliphatic heterocycles. The SMILES string of the molecule is CCc1noc([C@H](C)N2C[C@@H](C)[C@H](N3CCN(C(C)=O)CC3)C2)n1. The predicted octanol–water partition coefficient (Wildman–Crippen LogP) is 1.18. The molecule has 0 aliphatic carbocycles. The van der Waals surface area contributed by atoms with E-state index in [4.69, 9.17) is 4.52 Å². The number of aryl methyl sites for hydroxylation is 1. The average Bonchev–Trinajstić information content (AvgIpc) is 3.21. The maximum Gasteiger partial charge on any atom is 0.243 e. The third-order valence-electron chi connectivity index (χ3n) is 5.53. The molecule has 134 valence electrons. The summed E-state index contributed by atoms with van der Waals surface area (Å²) in [7, 11) is 0. The van der Waals surface area contributed by atoms with Crippen LogP contribution in [-0.2, 0) is 11.2 Å². The van der Waals surface area contributed by atoms with Gasteiger partial charge in [-0.15, -0.1) is 0 Å². The molecular weight excluding hydrogens is 306 g/mol. The summed E-state index contributed by atoms with van der Waals surface area (Å²) in [6.07, 6.45) is 0.801. The first-order chi connectivity index (χ1) is 11.5. The first-order valence-electron chi connectivity index (χ1n) is 9.05. The van der Waals surface area contributed by atoms with Gasteiger partial charge in [-0.2, -0.15) is 4.98 Å². The number of hydrogen-bond donors (Lipinski definition) is 0. The van der Waals surface area contributed by atoms with Crippen molar-refractivity contribution < 1.29 is 9.32 Å². The number of hydrogen-bond acceptors (Lipinski definition) is 6. The molecule has 1 aromatic heterocycles. The average molecular weight is 335 g/mol. The molecule has 0 N–H and O–H groups in total. The van der Waals surface area contributed by atoms with Gasteiger partial charge in [0.25, 0.3) is 0 Å². The Kier molecular flexibility index (Phi) is 5.20. The fraction of sp³-hybridized carbons (Fsp3) is 0.824. The molecule has 0 aromatic carbocycles. The first-order valence-corrected chi connectivity index (χ1v) is 9.05. The fourth-order valence-corrected chi connectivity index (χ4v) is 3.88. The van der Waals surface area contributed by atoms with Gasteiger partial charge in [0, 0.05) is 58.7 Å². The van der Waals surface area contributed by atoms with E-state index in [-0.39, 0.29) is 11.9 Å². The van der Waals surface area contributed by atoms with Gasteiger partial charge in [0.1, 0.15) is 0 Å². The number of carbonyl (C=O) groups excluding carboxylic acids is 1. The molecule has 7 nitrogen and oxygen atoms in total. The number of amides is 1. The summed E-state index contributed by atoms with van der Waals surface area (Å²) in [6, 6.07) is 0.693. The summed E-state index contributed by atoms with van der Waals surface area (Å²) in [6.45, 7) is 13.9. The van der Waals surface area contributed by atoms with Gasteiger partial charge in [-0.3, -0.25) is 14.6 Å². The highest BCUT2D eigenvalue weighted by molar-refractivity contribution is 5.73. The second kappa shape index (κ2) is 7.19. The summed E-state index contributed by atoms with van der Waals surface area (Å²) >= 11 is 0. The van der Waals surface area contributed by atoms with Gasteiger partial charge >= 0.3 is 0 Å². The van der Waals surface area contributed by atoms with E-state index < -0.39 is 0 Å². The minimum absolute atomic E-state index is 0.156. The lowest BCUT2D eigenvalue weighted by Crippen LogP contribution is -2.53. The normalized spacial score (nSPS) is 27.6. The second-order valence-electron chi connectivity index (χ2n) is 7.12. The van der Waals surface area contributed by atoms with Crippen LogP contribution >= 0.6 is 0 Å². The van der Waals surface area contributed by atoms with Crippen LogP contribution in [0.1, 0.15) is 45.5 Å². The van der Waals surface area contributed by atoms with Gasteiger partial charge in [0.15, 0.2) is 5.82 Å². The first kappa shape index (κ1) is 17.4. The minimum Gasteiger partial charge on any atom is -0.340 e. The van der Waals surface area contributed by atoms with Crippen molar-refractivity contribution in [3.05, 3.63) is 11.7 Å². The molecule has 3 atom stereocenters. The monoisotopic (exact) mass is 335 g/mol. The number of carbonyl (C=O) groups is 1. The van der Waals surface area contributed by atoms with Gasteiger partial charge in [-0.1, -0.05) is 19.0 Å². The number of piperazine rings is 1. The zero-order chi connectivity index (χ0) is 17.3. The zero-order valence-corrected chi connectivity index (χ0v) is 15.2. The molecule has 0 spiro atoms. The second-order valence-corrected chi connectivity index (χ2v) is 7.12. The van der Waals surface area contributed by atoms with E-state index in [0.717, 1.165) is 57.4 Å². The maximum absolute atomic E-state index is 11.5. The molecule has 1 aromatic rings. The van der Waals surface area contributed by atoms with E-state index >= 15 is 0 Å². The van der Waals surface area contributed by atoms with E-state index in [0.29, 0.717) is 12.0 Å². The van der Waals surface area contributed by atoms with Crippen LogP contribution < -0.4 is 0 Å². The van der Waals surface area contributed by atoms with Crippen LogP contribution in [-0.4, -0.2) is 76.1 Å². The standard InChI is InChI=1S/C17H29N5O2/c1-5-16-18-17(24-19-16)13(3)22-10-12(2)15(11-22)21-8-6-20(7-9-21)14(4)23/h12-13,15H,5-11H2,1-4H3/t12-,13+,15-/m1/s1. The van der Waals surface area contributed by atoms with E-state index in [1.807, 2.05) is 11.8 Å². The van der Waals surface area contributed by atoms with Crippen LogP contribution in [0.15, 0.2) is 4.52 Å². The van der Waals surface area contributed by atoms with Gasteiger partial charge in [0.2, 0.25) is 11.8 Å². The van der Waals surface area contributed by atoms with Crippen molar-refractivity contribution in [2.24, 2.45) is 5.92 Å². The van der Waals surface area contributed by atoms with Gasteiger partial charge in [-0.05, 0) is 12.8 Å². The minimum atomic E-state index is 0.156. The summed E-state index contributed by atoms with van der Waals surface area (Å²) < 4.78 is 5.43. The van der Waals surface area contributed by atoms with Crippen LogP contribution in [0.3, 0.4) is 0 Å². The van der Waals surface area contributed by atoms with Crippen LogP contribution in [0.4, 0.5) is 0 Å². The van der Waals surface area contributed by atoms with Crippen LogP contribution in [0.25, 0.3) is 0 Å². The number of rotatable bonds is 4. The molecule has 2 saturated heterocycles. The molecular formula is C17H29N5O2. The number of nitrogens with zero attached hydrogens (tertiary/aromatic N) is 5. The molecule has 24 heavy (non-hydrogen) atoms. The lowest BCUT2D eigenvalue weighted by Gasteiger charge is -2.39. The van der Waals surface area contributed by atoms with Gasteiger partial charge < -0.3 is 9.42 Å². The highest BCUT2D eigenvalue weighted by Crippen LogP contribution is 2.29. The maximum atomic E-state index is 11.5. The largest absolute Gasteiger partial charge is 0.340 e. The van der Waals surface area contributed by atoms with Gasteiger partial charge in [0.05, 0.1) is 6.04 Å². The Labute approximate surface area is 144 Å². The Morgan fingerprint density at radius 1 is 1.29 bits per heavy atom. The zero-order valence-electron chi connectivity index (χ0n) is 15.2. The Balaban J connectivity index is 1.59. The summed E-state index contributed by atoms with van der Waals surface area (Å²) in [4.78, 5) is 22.9. The lowest BCUT2D eigenvalue weighted by molar-refractivity contribution is -0.130. The number of aromatic nitrogens is 2. The van der Waals surface area contributed by atoms with Crippen LogP contribution in [0, 0.1) is 5.92 Å². The predicted molar refractivity (Wildman–Crippen MR) is 90.4 cm³/mol. The van der Waals surface area contributed by atoms with E-state index in [9.17, 15) is 4.79 Å². The third kappa shape index (κ3) is 3.47. The topological polar surface area (TPSA) is 65.7 Å². The van der Waals surface area contributed by atoms with Crippen molar-refractivity contribution in [3.8, 4) is 0 Å². The van der Waals surface area contributed by atoms with E-state index in [1.54, 1.807) is 6.92 Å². The quantitative estimate of drug-likeness (QED) is 0.823. The molecule has 1 amide bonds.